The molecule has 0 bridgehead atoms. The minimum absolute atomic E-state index is 0. The first-order chi connectivity index (χ1) is 16.5. The van der Waals surface area contributed by atoms with Crippen molar-refractivity contribution >= 4 is 23.4 Å². The van der Waals surface area contributed by atoms with Crippen molar-refractivity contribution in [2.45, 2.75) is 31.3 Å². The zero-order chi connectivity index (χ0) is 24.0. The third-order valence-electron chi connectivity index (χ3n) is 5.84. The molecule has 1 unspecified atom stereocenters. The van der Waals surface area contributed by atoms with Gasteiger partial charge < -0.3 is 24.5 Å². The molecule has 1 N–H and O–H groups in total. The molecule has 0 aliphatic heterocycles. The molecule has 3 aromatic rings. The third kappa shape index (κ3) is 6.86. The number of hydrogen-bond acceptors (Lipinski definition) is 6. The fourth-order valence-corrected chi connectivity index (χ4v) is 4.27. The van der Waals surface area contributed by atoms with Crippen molar-refractivity contribution in [2.75, 3.05) is 18.1 Å². The Morgan fingerprint density at radius 1 is 0.943 bits per heavy atom. The number of carbonyl (C=O) groups excluding carboxylic acids is 2. The normalized spacial score (nSPS) is 16.7. The fourth-order valence-electron chi connectivity index (χ4n) is 4.27. The Hall–Kier alpha value is -2.84. The van der Waals surface area contributed by atoms with Gasteiger partial charge in [-0.25, -0.2) is 9.69 Å². The van der Waals surface area contributed by atoms with Gasteiger partial charge in [-0.15, -0.1) is 0 Å². The Morgan fingerprint density at radius 2 is 1.57 bits per heavy atom. The van der Waals surface area contributed by atoms with Crippen LogP contribution in [-0.2, 0) is 22.4 Å². The van der Waals surface area contributed by atoms with Gasteiger partial charge in [0, 0.05) is 6.42 Å². The summed E-state index contributed by atoms with van der Waals surface area (Å²) in [7, 11) is 0. The van der Waals surface area contributed by atoms with E-state index in [1.54, 1.807) is 12.1 Å². The Bertz CT molecular complexity index is 1100. The van der Waals surface area contributed by atoms with Gasteiger partial charge in [-0.05, 0) is 60.7 Å². The minimum Gasteiger partial charge on any atom is -0.546 e. The number of rotatable bonds is 7. The van der Waals surface area contributed by atoms with Crippen LogP contribution in [0.5, 0.6) is 5.75 Å². The molecule has 0 heterocycles. The standard InChI is InChI=1S/C27H27NO6.Na/c29-25(30)18-33-24-15-7-9-20-17-27(32,16-8-14-23(20)24)19-34-26(31)28(21-10-3-1-4-11-21)22-12-5-2-6-13-22;/h1-7,9-13,15,32H,8,14,16-19H2,(H,29,30);/q;+1/p-1. The second-order valence-corrected chi connectivity index (χ2v) is 8.37. The van der Waals surface area contributed by atoms with Gasteiger partial charge in [0.15, 0.2) is 0 Å². The molecule has 1 atom stereocenters. The second kappa shape index (κ2) is 12.2. The summed E-state index contributed by atoms with van der Waals surface area (Å²) >= 11 is 0. The summed E-state index contributed by atoms with van der Waals surface area (Å²) in [5.41, 5.74) is 1.77. The predicted octanol–water partition coefficient (Wildman–Crippen LogP) is 0.404. The summed E-state index contributed by atoms with van der Waals surface area (Å²) in [4.78, 5) is 25.4. The number of fused-ring (bicyclic) bond motifs is 1. The zero-order valence-electron chi connectivity index (χ0n) is 19.7. The van der Waals surface area contributed by atoms with Crippen molar-refractivity contribution < 1.29 is 58.8 Å². The first-order valence-corrected chi connectivity index (χ1v) is 11.2. The van der Waals surface area contributed by atoms with Crippen molar-refractivity contribution in [3.05, 3.63) is 90.0 Å². The largest absolute Gasteiger partial charge is 1.00 e. The number of para-hydroxylation sites is 2. The van der Waals surface area contributed by atoms with Crippen LogP contribution in [0.4, 0.5) is 16.2 Å². The number of hydrogen-bond donors (Lipinski definition) is 1. The molecule has 8 heteroatoms. The van der Waals surface area contributed by atoms with Crippen molar-refractivity contribution in [3.63, 3.8) is 0 Å². The van der Waals surface area contributed by atoms with Gasteiger partial charge >= 0.3 is 35.7 Å². The minimum atomic E-state index is -1.30. The van der Waals surface area contributed by atoms with Crippen LogP contribution in [-0.4, -0.2) is 36.0 Å². The number of amides is 1. The molecule has 0 aromatic heterocycles. The van der Waals surface area contributed by atoms with E-state index < -0.39 is 24.3 Å². The van der Waals surface area contributed by atoms with Crippen molar-refractivity contribution in [3.8, 4) is 5.75 Å². The number of aliphatic hydroxyl groups is 1. The smallest absolute Gasteiger partial charge is 0.546 e. The van der Waals surface area contributed by atoms with E-state index in [9.17, 15) is 19.8 Å². The quantitative estimate of drug-likeness (QED) is 0.386. The Morgan fingerprint density at radius 3 is 2.17 bits per heavy atom. The number of carbonyl (C=O) groups is 2. The topological polar surface area (TPSA) is 99.1 Å². The van der Waals surface area contributed by atoms with Crippen LogP contribution in [0.15, 0.2) is 78.9 Å². The molecular weight excluding hydrogens is 457 g/mol. The second-order valence-electron chi connectivity index (χ2n) is 8.37. The summed E-state index contributed by atoms with van der Waals surface area (Å²) in [5, 5.41) is 22.1. The first kappa shape index (κ1) is 26.8. The van der Waals surface area contributed by atoms with E-state index in [1.165, 1.54) is 4.90 Å². The van der Waals surface area contributed by atoms with E-state index in [1.807, 2.05) is 66.7 Å². The van der Waals surface area contributed by atoms with Gasteiger partial charge in [0.2, 0.25) is 0 Å². The Labute approximate surface area is 226 Å². The molecule has 0 saturated carbocycles. The van der Waals surface area contributed by atoms with Gasteiger partial charge in [0.05, 0.1) is 17.3 Å². The zero-order valence-corrected chi connectivity index (χ0v) is 21.7. The molecule has 0 spiro atoms. The van der Waals surface area contributed by atoms with E-state index in [-0.39, 0.29) is 42.6 Å². The maximum atomic E-state index is 13.2. The Kier molecular flexibility index (Phi) is 9.34. The van der Waals surface area contributed by atoms with E-state index >= 15 is 0 Å². The van der Waals surface area contributed by atoms with Gasteiger partial charge in [0.25, 0.3) is 0 Å². The molecule has 1 aliphatic rings. The number of anilines is 2. The molecule has 0 fully saturated rings. The number of carboxylic acid groups (broad SMARTS) is 1. The van der Waals surface area contributed by atoms with Crippen LogP contribution >= 0.6 is 0 Å². The predicted molar refractivity (Wildman–Crippen MR) is 125 cm³/mol. The summed E-state index contributed by atoms with van der Waals surface area (Å²) in [6, 6.07) is 23.7. The average molecular weight is 483 g/mol. The number of carboxylic acids is 1. The van der Waals surface area contributed by atoms with Gasteiger partial charge in [-0.3, -0.25) is 0 Å². The van der Waals surface area contributed by atoms with Crippen LogP contribution in [0.25, 0.3) is 0 Å². The van der Waals surface area contributed by atoms with E-state index in [0.29, 0.717) is 36.4 Å². The SMILES string of the molecule is O=C([O-])COc1cccc2c1CCCC(O)(COC(=O)N(c1ccccc1)c1ccccc1)C2.[Na+]. The van der Waals surface area contributed by atoms with E-state index in [0.717, 1.165) is 11.1 Å². The monoisotopic (exact) mass is 483 g/mol. The molecule has 176 valence electrons. The maximum Gasteiger partial charge on any atom is 1.00 e. The molecule has 0 radical (unpaired) electrons. The van der Waals surface area contributed by atoms with Crippen LogP contribution in [0.1, 0.15) is 24.0 Å². The number of benzene rings is 3. The van der Waals surface area contributed by atoms with Crippen LogP contribution in [0, 0.1) is 0 Å². The summed E-state index contributed by atoms with van der Waals surface area (Å²) in [5.74, 6) is -0.821. The van der Waals surface area contributed by atoms with E-state index in [4.69, 9.17) is 9.47 Å². The van der Waals surface area contributed by atoms with Crippen LogP contribution < -0.4 is 44.3 Å². The van der Waals surface area contributed by atoms with E-state index in [2.05, 4.69) is 0 Å². The first-order valence-electron chi connectivity index (χ1n) is 11.2. The molecular formula is C27H26NNaO6. The van der Waals surface area contributed by atoms with Gasteiger partial charge in [-0.1, -0.05) is 48.5 Å². The molecule has 7 nitrogen and oxygen atoms in total. The molecule has 3 aromatic carbocycles. The summed E-state index contributed by atoms with van der Waals surface area (Å²) in [6.07, 6.45) is 1.35. The third-order valence-corrected chi connectivity index (χ3v) is 5.84. The van der Waals surface area contributed by atoms with Gasteiger partial charge in [0.1, 0.15) is 24.6 Å². The van der Waals surface area contributed by atoms with Crippen LogP contribution in [0.3, 0.4) is 0 Å². The van der Waals surface area contributed by atoms with Crippen LogP contribution in [0.2, 0.25) is 0 Å². The molecule has 4 rings (SSSR count). The fraction of sp³-hybridized carbons (Fsp3) is 0.259. The maximum absolute atomic E-state index is 13.2. The van der Waals surface area contributed by atoms with Crippen molar-refractivity contribution in [1.82, 2.24) is 0 Å². The van der Waals surface area contributed by atoms with Crippen molar-refractivity contribution in [1.29, 1.82) is 0 Å². The Balaban J connectivity index is 0.00000342. The number of ether oxygens (including phenoxy) is 2. The summed E-state index contributed by atoms with van der Waals surface area (Å²) in [6.45, 7) is -0.710. The number of nitrogens with zero attached hydrogens (tertiary/aromatic N) is 1. The molecule has 0 saturated heterocycles. The van der Waals surface area contributed by atoms with Gasteiger partial charge in [-0.2, -0.15) is 0 Å². The molecule has 1 amide bonds. The molecule has 35 heavy (non-hydrogen) atoms. The summed E-state index contributed by atoms with van der Waals surface area (Å²) < 4.78 is 11.0. The number of aliphatic carboxylic acids is 1. The average Bonchev–Trinajstić information content (AvgIpc) is 3.02. The van der Waals surface area contributed by atoms with Crippen molar-refractivity contribution in [2.24, 2.45) is 0 Å². The molecule has 1 aliphatic carbocycles.